The molecule has 7 nitrogen and oxygen atoms in total. The number of hydrogen-bond donors (Lipinski definition) is 2. The molecule has 0 radical (unpaired) electrons. The van der Waals surface area contributed by atoms with Crippen molar-refractivity contribution in [3.8, 4) is 0 Å². The van der Waals surface area contributed by atoms with E-state index in [-0.39, 0.29) is 24.8 Å². The molecule has 26 heavy (non-hydrogen) atoms. The van der Waals surface area contributed by atoms with Crippen molar-refractivity contribution in [1.29, 1.82) is 0 Å². The van der Waals surface area contributed by atoms with Crippen molar-refractivity contribution in [1.82, 2.24) is 9.88 Å². The summed E-state index contributed by atoms with van der Waals surface area (Å²) in [6.07, 6.45) is 0.0456. The van der Waals surface area contributed by atoms with Crippen LogP contribution in [0, 0.1) is 0 Å². The highest BCUT2D eigenvalue weighted by atomic mass is 35.5. The monoisotopic (exact) mass is 373 g/mol. The fourth-order valence-electron chi connectivity index (χ4n) is 2.56. The van der Waals surface area contributed by atoms with Gasteiger partial charge in [0, 0.05) is 25.6 Å². The molecular formula is C18H16ClN3O4. The van der Waals surface area contributed by atoms with Crippen LogP contribution in [0.1, 0.15) is 16.8 Å². The molecule has 2 aromatic carbocycles. The van der Waals surface area contributed by atoms with E-state index in [1.54, 1.807) is 30.3 Å². The second-order valence-corrected chi connectivity index (χ2v) is 5.97. The maximum Gasteiger partial charge on any atom is 0.419 e. The Bertz CT molecular complexity index is 1040. The van der Waals surface area contributed by atoms with E-state index in [0.717, 1.165) is 0 Å². The highest BCUT2D eigenvalue weighted by molar-refractivity contribution is 6.33. The fraction of sp³-hybridized carbons (Fsp3) is 0.167. The predicted octanol–water partition coefficient (Wildman–Crippen LogP) is 2.64. The van der Waals surface area contributed by atoms with Crippen molar-refractivity contribution < 1.29 is 14.0 Å². The maximum atomic E-state index is 12.2. The molecule has 8 heteroatoms. The van der Waals surface area contributed by atoms with Gasteiger partial charge in [0.25, 0.3) is 5.91 Å². The minimum atomic E-state index is -0.515. The van der Waals surface area contributed by atoms with Crippen molar-refractivity contribution >= 4 is 40.2 Å². The van der Waals surface area contributed by atoms with Gasteiger partial charge in [-0.1, -0.05) is 23.7 Å². The average Bonchev–Trinajstić information content (AvgIpc) is 2.96. The molecule has 0 fully saturated rings. The Morgan fingerprint density at radius 1 is 1.19 bits per heavy atom. The number of para-hydroxylation sites is 2. The fourth-order valence-corrected chi connectivity index (χ4v) is 2.72. The van der Waals surface area contributed by atoms with Crippen molar-refractivity contribution in [2.24, 2.45) is 0 Å². The van der Waals surface area contributed by atoms with Gasteiger partial charge in [0.15, 0.2) is 5.58 Å². The summed E-state index contributed by atoms with van der Waals surface area (Å²) in [7, 11) is 1.52. The van der Waals surface area contributed by atoms with Crippen LogP contribution in [0.25, 0.3) is 11.1 Å². The highest BCUT2D eigenvalue weighted by Crippen LogP contribution is 2.23. The number of fused-ring (bicyclic) bond motifs is 1. The molecule has 1 aromatic heterocycles. The van der Waals surface area contributed by atoms with Gasteiger partial charge in [0.1, 0.15) is 0 Å². The smallest absolute Gasteiger partial charge is 0.408 e. The molecule has 134 valence electrons. The van der Waals surface area contributed by atoms with Crippen LogP contribution in [0.15, 0.2) is 51.7 Å². The van der Waals surface area contributed by atoms with Crippen LogP contribution >= 0.6 is 11.6 Å². The lowest BCUT2D eigenvalue weighted by Crippen LogP contribution is -2.21. The van der Waals surface area contributed by atoms with Gasteiger partial charge in [-0.25, -0.2) is 4.79 Å². The third-order valence-corrected chi connectivity index (χ3v) is 4.20. The number of amides is 2. The predicted molar refractivity (Wildman–Crippen MR) is 98.6 cm³/mol. The number of hydrogen-bond acceptors (Lipinski definition) is 4. The van der Waals surface area contributed by atoms with Crippen molar-refractivity contribution in [2.45, 2.75) is 13.0 Å². The maximum absolute atomic E-state index is 12.2. The molecule has 3 rings (SSSR count). The van der Waals surface area contributed by atoms with E-state index in [0.29, 0.717) is 27.4 Å². The number of anilines is 1. The summed E-state index contributed by atoms with van der Waals surface area (Å²) in [6, 6.07) is 11.6. The molecule has 0 aliphatic rings. The Morgan fingerprint density at radius 2 is 1.96 bits per heavy atom. The lowest BCUT2D eigenvalue weighted by atomic mass is 10.2. The number of nitrogens with one attached hydrogen (secondary N) is 2. The minimum absolute atomic E-state index is 0.0456. The molecule has 0 saturated heterocycles. The number of rotatable bonds is 5. The molecule has 0 atom stereocenters. The molecule has 0 aliphatic heterocycles. The van der Waals surface area contributed by atoms with Gasteiger partial charge in [0.2, 0.25) is 5.91 Å². The van der Waals surface area contributed by atoms with Crippen molar-refractivity contribution in [3.63, 3.8) is 0 Å². The van der Waals surface area contributed by atoms with Gasteiger partial charge in [-0.3, -0.25) is 14.2 Å². The second kappa shape index (κ2) is 7.45. The first-order valence-corrected chi connectivity index (χ1v) is 8.27. The summed E-state index contributed by atoms with van der Waals surface area (Å²) in [4.78, 5) is 35.8. The molecule has 3 aromatic rings. The number of oxazole rings is 1. The summed E-state index contributed by atoms with van der Waals surface area (Å²) in [5, 5.41) is 5.48. The Balaban J connectivity index is 1.72. The quantitative estimate of drug-likeness (QED) is 0.719. The van der Waals surface area contributed by atoms with E-state index in [1.165, 1.54) is 23.7 Å². The number of aromatic nitrogens is 1. The number of benzene rings is 2. The number of aryl methyl sites for hydroxylation is 1. The van der Waals surface area contributed by atoms with Crippen LogP contribution in [0.2, 0.25) is 5.02 Å². The molecule has 0 bridgehead atoms. The Kier molecular flexibility index (Phi) is 5.09. The summed E-state index contributed by atoms with van der Waals surface area (Å²) in [6.45, 7) is 0.161. The van der Waals surface area contributed by atoms with E-state index < -0.39 is 5.76 Å². The number of carbonyl (C=O) groups excluding carboxylic acids is 2. The third-order valence-electron chi connectivity index (χ3n) is 3.87. The van der Waals surface area contributed by atoms with Crippen LogP contribution in [0.5, 0.6) is 0 Å². The SMILES string of the molecule is CNC(=O)c1ccc(Cl)c(NC(=O)CCn2c(=O)oc3ccccc32)c1. The van der Waals surface area contributed by atoms with E-state index in [9.17, 15) is 14.4 Å². The molecule has 0 aliphatic carbocycles. The van der Waals surface area contributed by atoms with Gasteiger partial charge in [0.05, 0.1) is 16.2 Å². The average molecular weight is 374 g/mol. The highest BCUT2D eigenvalue weighted by Gasteiger charge is 2.13. The van der Waals surface area contributed by atoms with Gasteiger partial charge < -0.3 is 15.1 Å². The first kappa shape index (κ1) is 17.8. The molecule has 2 amide bonds. The summed E-state index contributed by atoms with van der Waals surface area (Å²) < 4.78 is 6.53. The lowest BCUT2D eigenvalue weighted by Gasteiger charge is -2.09. The second-order valence-electron chi connectivity index (χ2n) is 5.56. The van der Waals surface area contributed by atoms with E-state index in [2.05, 4.69) is 10.6 Å². The normalized spacial score (nSPS) is 10.7. The number of halogens is 1. The molecule has 1 heterocycles. The lowest BCUT2D eigenvalue weighted by molar-refractivity contribution is -0.116. The van der Waals surface area contributed by atoms with Crippen LogP contribution in [-0.4, -0.2) is 23.4 Å². The molecule has 0 saturated carbocycles. The molecular weight excluding hydrogens is 358 g/mol. The number of carbonyl (C=O) groups is 2. The zero-order chi connectivity index (χ0) is 18.7. The van der Waals surface area contributed by atoms with E-state index >= 15 is 0 Å². The molecule has 0 spiro atoms. The van der Waals surface area contributed by atoms with Crippen molar-refractivity contribution in [2.75, 3.05) is 12.4 Å². The van der Waals surface area contributed by atoms with Crippen LogP contribution < -0.4 is 16.4 Å². The van der Waals surface area contributed by atoms with Crippen molar-refractivity contribution in [3.05, 3.63) is 63.6 Å². The zero-order valence-corrected chi connectivity index (χ0v) is 14.7. The number of nitrogens with zero attached hydrogens (tertiary/aromatic N) is 1. The van der Waals surface area contributed by atoms with Gasteiger partial charge in [-0.2, -0.15) is 0 Å². The van der Waals surface area contributed by atoms with Gasteiger partial charge in [-0.05, 0) is 30.3 Å². The molecule has 0 unspecified atom stereocenters. The topological polar surface area (TPSA) is 93.3 Å². The summed E-state index contributed by atoms with van der Waals surface area (Å²) >= 11 is 6.07. The Morgan fingerprint density at radius 3 is 2.73 bits per heavy atom. The molecule has 2 N–H and O–H groups in total. The third kappa shape index (κ3) is 3.62. The summed E-state index contributed by atoms with van der Waals surface area (Å²) in [5.74, 6) is -1.13. The van der Waals surface area contributed by atoms with E-state index in [4.69, 9.17) is 16.0 Å². The van der Waals surface area contributed by atoms with Crippen LogP contribution in [0.3, 0.4) is 0 Å². The van der Waals surface area contributed by atoms with Gasteiger partial charge >= 0.3 is 5.76 Å². The Hall–Kier alpha value is -3.06. The Labute approximate surface area is 153 Å². The summed E-state index contributed by atoms with van der Waals surface area (Å²) in [5.41, 5.74) is 1.82. The largest absolute Gasteiger partial charge is 0.419 e. The first-order valence-electron chi connectivity index (χ1n) is 7.89. The first-order chi connectivity index (χ1) is 12.5. The zero-order valence-electron chi connectivity index (χ0n) is 13.9. The van der Waals surface area contributed by atoms with Crippen LogP contribution in [-0.2, 0) is 11.3 Å². The van der Waals surface area contributed by atoms with Gasteiger partial charge in [-0.15, -0.1) is 0 Å². The standard InChI is InChI=1S/C18H16ClN3O4/c1-20-17(24)11-6-7-12(19)13(10-11)21-16(23)8-9-22-14-4-2-3-5-15(14)26-18(22)25/h2-7,10H,8-9H2,1H3,(H,20,24)(H,21,23). The minimum Gasteiger partial charge on any atom is -0.408 e. The van der Waals surface area contributed by atoms with Crippen LogP contribution in [0.4, 0.5) is 5.69 Å². The van der Waals surface area contributed by atoms with E-state index in [1.807, 2.05) is 0 Å².